The minimum Gasteiger partial charge on any atom is -0.478 e. The normalized spacial score (nSPS) is 18.5. The highest BCUT2D eigenvalue weighted by Gasteiger charge is 2.42. The molecule has 0 amide bonds. The molecule has 2 N–H and O–H groups in total. The van der Waals surface area contributed by atoms with Crippen LogP contribution in [0.5, 0.6) is 0 Å². The van der Waals surface area contributed by atoms with Crippen LogP contribution in [0.1, 0.15) is 58.9 Å². The van der Waals surface area contributed by atoms with Gasteiger partial charge in [0.15, 0.2) is 5.11 Å². The topological polar surface area (TPSA) is 70.4 Å². The van der Waals surface area contributed by atoms with Crippen molar-refractivity contribution in [2.24, 2.45) is 0 Å². The van der Waals surface area contributed by atoms with E-state index in [-0.39, 0.29) is 23.7 Å². The lowest BCUT2D eigenvalue weighted by atomic mass is 9.96. The maximum absolute atomic E-state index is 11.2. The van der Waals surface area contributed by atoms with Crippen LogP contribution < -0.4 is 5.32 Å². The smallest absolute Gasteiger partial charge is 0.335 e. The van der Waals surface area contributed by atoms with Crippen molar-refractivity contribution in [2.45, 2.75) is 45.8 Å². The monoisotopic (exact) mass is 434 g/mol. The number of benzene rings is 1. The Morgan fingerprint density at radius 1 is 1.16 bits per heavy atom. The van der Waals surface area contributed by atoms with Gasteiger partial charge in [0.1, 0.15) is 0 Å². The third-order valence-corrected chi connectivity index (χ3v) is 6.18. The van der Waals surface area contributed by atoms with Crippen LogP contribution in [-0.4, -0.2) is 36.7 Å². The van der Waals surface area contributed by atoms with Gasteiger partial charge in [0.2, 0.25) is 0 Å². The molecule has 160 valence electrons. The number of carboxylic acid groups (broad SMARTS) is 1. The van der Waals surface area contributed by atoms with Gasteiger partial charge in [0.25, 0.3) is 0 Å². The molecule has 3 heterocycles. The summed E-state index contributed by atoms with van der Waals surface area (Å²) in [6, 6.07) is 15.3. The zero-order valence-electron chi connectivity index (χ0n) is 18.0. The number of nitrogens with zero attached hydrogens (tertiary/aromatic N) is 3. The Kier molecular flexibility index (Phi) is 5.54. The van der Waals surface area contributed by atoms with Crippen molar-refractivity contribution in [1.82, 2.24) is 19.8 Å². The van der Waals surface area contributed by atoms with Gasteiger partial charge in [-0.25, -0.2) is 4.79 Å². The molecule has 2 aromatic heterocycles. The molecular weight excluding hydrogens is 408 g/mol. The first-order chi connectivity index (χ1) is 14.8. The highest BCUT2D eigenvalue weighted by atomic mass is 32.1. The first-order valence-electron chi connectivity index (χ1n) is 10.3. The van der Waals surface area contributed by atoms with Gasteiger partial charge in [-0.05, 0) is 87.9 Å². The second-order valence-corrected chi connectivity index (χ2v) is 8.53. The standard InChI is InChI=1S/C24H26N4O2S/c1-14(2)27-22(21(26-24(27)31)20-7-5-6-12-25-20)19-13-15(3)28(16(19)4)18-10-8-17(9-11-18)23(29)30/h5-14,21-22H,1-4H3,(H,26,31)(H,29,30)/t21-,22-/m0/s1. The van der Waals surface area contributed by atoms with E-state index in [1.165, 1.54) is 5.56 Å². The molecule has 0 spiro atoms. The van der Waals surface area contributed by atoms with Crippen LogP contribution in [0.25, 0.3) is 5.69 Å². The van der Waals surface area contributed by atoms with Crippen LogP contribution in [0.15, 0.2) is 54.7 Å². The second-order valence-electron chi connectivity index (χ2n) is 8.14. The third kappa shape index (κ3) is 3.70. The maximum Gasteiger partial charge on any atom is 0.335 e. The van der Waals surface area contributed by atoms with E-state index < -0.39 is 5.97 Å². The molecule has 4 rings (SSSR count). The van der Waals surface area contributed by atoms with Crippen molar-refractivity contribution in [3.8, 4) is 5.69 Å². The first-order valence-corrected chi connectivity index (χ1v) is 10.7. The molecule has 7 heteroatoms. The van der Waals surface area contributed by atoms with Gasteiger partial charge in [-0.2, -0.15) is 0 Å². The van der Waals surface area contributed by atoms with Crippen molar-refractivity contribution in [2.75, 3.05) is 0 Å². The molecule has 1 fully saturated rings. The summed E-state index contributed by atoms with van der Waals surface area (Å²) in [5, 5.41) is 13.4. The summed E-state index contributed by atoms with van der Waals surface area (Å²) in [5.41, 5.74) is 5.52. The Morgan fingerprint density at radius 3 is 2.45 bits per heavy atom. The summed E-state index contributed by atoms with van der Waals surface area (Å²) in [5.74, 6) is -0.926. The molecule has 6 nitrogen and oxygen atoms in total. The van der Waals surface area contributed by atoms with Crippen LogP contribution in [0.3, 0.4) is 0 Å². The van der Waals surface area contributed by atoms with Crippen molar-refractivity contribution in [1.29, 1.82) is 0 Å². The quantitative estimate of drug-likeness (QED) is 0.574. The van der Waals surface area contributed by atoms with Crippen LogP contribution in [-0.2, 0) is 0 Å². The zero-order valence-corrected chi connectivity index (χ0v) is 18.9. The second kappa shape index (κ2) is 8.15. The van der Waals surface area contributed by atoms with Crippen LogP contribution in [0.2, 0.25) is 0 Å². The number of aryl methyl sites for hydroxylation is 1. The number of carboxylic acids is 1. The van der Waals surface area contributed by atoms with E-state index in [1.54, 1.807) is 12.1 Å². The summed E-state index contributed by atoms with van der Waals surface area (Å²) >= 11 is 5.71. The molecule has 0 radical (unpaired) electrons. The Morgan fingerprint density at radius 2 is 1.87 bits per heavy atom. The van der Waals surface area contributed by atoms with Gasteiger partial charge in [0, 0.05) is 29.3 Å². The summed E-state index contributed by atoms with van der Waals surface area (Å²) < 4.78 is 2.16. The largest absolute Gasteiger partial charge is 0.478 e. The van der Waals surface area contributed by atoms with Gasteiger partial charge < -0.3 is 19.9 Å². The van der Waals surface area contributed by atoms with Gasteiger partial charge in [-0.3, -0.25) is 4.98 Å². The summed E-state index contributed by atoms with van der Waals surface area (Å²) in [6.07, 6.45) is 1.81. The predicted molar refractivity (Wildman–Crippen MR) is 125 cm³/mol. The number of aromatic carboxylic acids is 1. The third-order valence-electron chi connectivity index (χ3n) is 5.85. The van der Waals surface area contributed by atoms with Crippen LogP contribution >= 0.6 is 12.2 Å². The van der Waals surface area contributed by atoms with E-state index >= 15 is 0 Å². The molecule has 31 heavy (non-hydrogen) atoms. The highest BCUT2D eigenvalue weighted by Crippen LogP contribution is 2.42. The lowest BCUT2D eigenvalue weighted by molar-refractivity contribution is 0.0697. The lowest BCUT2D eigenvalue weighted by Crippen LogP contribution is -2.35. The predicted octanol–water partition coefficient (Wildman–Crippen LogP) is 4.57. The average Bonchev–Trinajstić information content (AvgIpc) is 3.24. The molecule has 0 unspecified atom stereocenters. The van der Waals surface area contributed by atoms with Crippen molar-refractivity contribution >= 4 is 23.3 Å². The molecule has 0 aliphatic carbocycles. The molecular formula is C24H26N4O2S. The number of carbonyl (C=O) groups is 1. The Hall–Kier alpha value is -3.19. The van der Waals surface area contributed by atoms with Crippen LogP contribution in [0, 0.1) is 13.8 Å². The minimum atomic E-state index is -0.926. The van der Waals surface area contributed by atoms with Crippen LogP contribution in [0.4, 0.5) is 0 Å². The minimum absolute atomic E-state index is 0.000595. The van der Waals surface area contributed by atoms with E-state index in [0.29, 0.717) is 0 Å². The molecule has 0 bridgehead atoms. The van der Waals surface area contributed by atoms with Gasteiger partial charge >= 0.3 is 5.97 Å². The number of thiocarbonyl (C=S) groups is 1. The van der Waals surface area contributed by atoms with Gasteiger partial charge in [-0.1, -0.05) is 6.07 Å². The lowest BCUT2D eigenvalue weighted by Gasteiger charge is -2.31. The fourth-order valence-electron chi connectivity index (χ4n) is 4.49. The number of hydrogen-bond acceptors (Lipinski definition) is 3. The highest BCUT2D eigenvalue weighted by molar-refractivity contribution is 7.80. The molecule has 1 aliphatic rings. The molecule has 2 atom stereocenters. The summed E-state index contributed by atoms with van der Waals surface area (Å²) in [7, 11) is 0. The van der Waals surface area contributed by atoms with E-state index in [2.05, 4.69) is 53.5 Å². The zero-order chi connectivity index (χ0) is 22.3. The van der Waals surface area contributed by atoms with E-state index in [9.17, 15) is 9.90 Å². The van der Waals surface area contributed by atoms with E-state index in [0.717, 1.165) is 27.9 Å². The first kappa shape index (κ1) is 21.1. The van der Waals surface area contributed by atoms with E-state index in [4.69, 9.17) is 12.2 Å². The fraction of sp³-hybridized carbons (Fsp3) is 0.292. The van der Waals surface area contributed by atoms with Crippen molar-refractivity contribution in [3.63, 3.8) is 0 Å². The summed E-state index contributed by atoms with van der Waals surface area (Å²) in [4.78, 5) is 18.1. The van der Waals surface area contributed by atoms with Crippen molar-refractivity contribution in [3.05, 3.63) is 82.9 Å². The average molecular weight is 435 g/mol. The number of pyridine rings is 1. The van der Waals surface area contributed by atoms with Crippen molar-refractivity contribution < 1.29 is 9.90 Å². The number of aromatic nitrogens is 2. The molecule has 3 aromatic rings. The fourth-order valence-corrected chi connectivity index (χ4v) is 4.94. The molecule has 1 saturated heterocycles. The Balaban J connectivity index is 1.82. The molecule has 0 saturated carbocycles. The van der Waals surface area contributed by atoms with Gasteiger partial charge in [0.05, 0.1) is 23.3 Å². The number of nitrogens with one attached hydrogen (secondary N) is 1. The SMILES string of the molecule is Cc1cc([C@H]2[C@H](c3ccccn3)NC(=S)N2C(C)C)c(C)n1-c1ccc(C(=O)O)cc1. The maximum atomic E-state index is 11.2. The van der Waals surface area contributed by atoms with E-state index in [1.807, 2.05) is 36.5 Å². The van der Waals surface area contributed by atoms with Gasteiger partial charge in [-0.15, -0.1) is 0 Å². The molecule has 1 aromatic carbocycles. The number of rotatable bonds is 5. The number of hydrogen-bond donors (Lipinski definition) is 2. The Bertz CT molecular complexity index is 1120. The summed E-state index contributed by atoms with van der Waals surface area (Å²) in [6.45, 7) is 8.46. The molecule has 1 aliphatic heterocycles. The Labute approximate surface area is 187 Å².